The van der Waals surface area contributed by atoms with Crippen LogP contribution in [0.25, 0.3) is 10.9 Å². The van der Waals surface area contributed by atoms with Gasteiger partial charge >= 0.3 is 0 Å². The lowest BCUT2D eigenvalue weighted by Gasteiger charge is -2.30. The molecule has 28 nitrogen and oxygen atoms in total. The predicted molar refractivity (Wildman–Crippen MR) is 349 cm³/mol. The van der Waals surface area contributed by atoms with Gasteiger partial charge in [-0.3, -0.25) is 57.7 Å². The highest BCUT2D eigenvalue weighted by Crippen LogP contribution is 2.23. The summed E-state index contributed by atoms with van der Waals surface area (Å²) < 4.78 is 0. The van der Waals surface area contributed by atoms with Crippen molar-refractivity contribution in [2.45, 2.75) is 139 Å². The Balaban J connectivity index is 0.0000140. The van der Waals surface area contributed by atoms with Gasteiger partial charge in [0.05, 0.1) is 13.2 Å². The molecule has 29 heteroatoms. The molecule has 1 aromatic heterocycles. The number of primary amides is 1. The van der Waals surface area contributed by atoms with E-state index < -0.39 is 127 Å². The Labute approximate surface area is 549 Å². The number of hydrogen-bond acceptors (Lipinski definition) is 14. The molecule has 5 aromatic rings. The Kier molecular flexibility index (Phi) is 27.7. The Morgan fingerprint density at radius 1 is 0.606 bits per heavy atom. The molecular formula is C65H84ClN15O13. The summed E-state index contributed by atoms with van der Waals surface area (Å²) in [5.74, 6) is -8.83. The van der Waals surface area contributed by atoms with Crippen molar-refractivity contribution in [2.24, 2.45) is 28.1 Å². The number of likely N-dealkylation sites (tertiary alicyclic amines) is 1. The molecule has 0 radical (unpaired) electrons. The van der Waals surface area contributed by atoms with Gasteiger partial charge in [0.1, 0.15) is 60.1 Å². The van der Waals surface area contributed by atoms with Crippen molar-refractivity contribution in [1.29, 1.82) is 0 Å². The van der Waals surface area contributed by atoms with Crippen molar-refractivity contribution in [1.82, 2.24) is 57.7 Å². The quantitative estimate of drug-likeness (QED) is 0.0135. The fraction of sp³-hybridized carbons (Fsp3) is 0.415. The third-order valence-electron chi connectivity index (χ3n) is 15.9. The molecule has 11 amide bonds. The van der Waals surface area contributed by atoms with Crippen molar-refractivity contribution >= 4 is 94.2 Å². The number of aliphatic hydroxyl groups is 1. The zero-order chi connectivity index (χ0) is 67.1. The number of H-pyrrole nitrogens is 1. The number of aromatic hydroxyl groups is 1. The molecule has 0 bridgehead atoms. The fourth-order valence-electron chi connectivity index (χ4n) is 11.1. The van der Waals surface area contributed by atoms with Crippen molar-refractivity contribution in [3.63, 3.8) is 0 Å². The number of nitrogens with two attached hydrogens (primary N) is 3. The van der Waals surface area contributed by atoms with Crippen LogP contribution in [0.1, 0.15) is 81.0 Å². The average Bonchev–Trinajstić information content (AvgIpc) is 1.62. The number of aromatic nitrogens is 1. The van der Waals surface area contributed by atoms with Crippen LogP contribution in [-0.2, 0) is 78.4 Å². The first-order chi connectivity index (χ1) is 44.5. The summed E-state index contributed by atoms with van der Waals surface area (Å²) in [7, 11) is 0. The molecule has 0 spiro atoms. The third kappa shape index (κ3) is 21.8. The summed E-state index contributed by atoms with van der Waals surface area (Å²) in [6, 6.07) is 18.3. The number of phenolic OH excluding ortho intramolecular Hbond substituents is 1. The van der Waals surface area contributed by atoms with Crippen LogP contribution in [-0.4, -0.2) is 172 Å². The minimum absolute atomic E-state index is 0. The van der Waals surface area contributed by atoms with Gasteiger partial charge in [-0.2, -0.15) is 0 Å². The summed E-state index contributed by atoms with van der Waals surface area (Å²) >= 11 is 0. The van der Waals surface area contributed by atoms with E-state index in [1.807, 2.05) is 6.07 Å². The van der Waals surface area contributed by atoms with Gasteiger partial charge in [-0.1, -0.05) is 105 Å². The van der Waals surface area contributed by atoms with Gasteiger partial charge in [0, 0.05) is 62.3 Å². The molecule has 94 heavy (non-hydrogen) atoms. The number of rotatable bonds is 33. The van der Waals surface area contributed by atoms with Crippen LogP contribution >= 0.6 is 12.4 Å². The highest BCUT2D eigenvalue weighted by Gasteiger charge is 2.40. The molecule has 0 saturated carbocycles. The Morgan fingerprint density at radius 3 is 1.65 bits per heavy atom. The number of fused-ring (bicyclic) bond motifs is 1. The topological polar surface area (TPSA) is 446 Å². The van der Waals surface area contributed by atoms with E-state index in [9.17, 15) is 63.0 Å². The Hall–Kier alpha value is -10.1. The monoisotopic (exact) mass is 1320 g/mol. The van der Waals surface area contributed by atoms with E-state index in [1.165, 1.54) is 29.2 Å². The molecule has 0 unspecified atom stereocenters. The second-order valence-corrected chi connectivity index (χ2v) is 23.5. The van der Waals surface area contributed by atoms with Crippen LogP contribution in [0.15, 0.2) is 120 Å². The molecule has 4 aromatic carbocycles. The molecule has 7 rings (SSSR count). The number of carbonyl (C=O) groups excluding carboxylic acids is 11. The second kappa shape index (κ2) is 35.7. The van der Waals surface area contributed by atoms with E-state index in [-0.39, 0.29) is 113 Å². The maximum absolute atomic E-state index is 14.9. The van der Waals surface area contributed by atoms with E-state index in [0.717, 1.165) is 0 Å². The molecule has 2 saturated heterocycles. The van der Waals surface area contributed by atoms with Crippen LogP contribution in [0.5, 0.6) is 5.75 Å². The van der Waals surface area contributed by atoms with Crippen LogP contribution in [0.3, 0.4) is 0 Å². The van der Waals surface area contributed by atoms with Gasteiger partial charge < -0.3 is 85.1 Å². The van der Waals surface area contributed by atoms with Gasteiger partial charge in [-0.15, -0.1) is 12.4 Å². The van der Waals surface area contributed by atoms with Gasteiger partial charge in [-0.05, 0) is 84.9 Å². The number of phenols is 1. The zero-order valence-corrected chi connectivity index (χ0v) is 53.1. The molecule has 3 heterocycles. The summed E-state index contributed by atoms with van der Waals surface area (Å²) in [4.78, 5) is 161. The predicted octanol–water partition coefficient (Wildman–Crippen LogP) is -1.08. The van der Waals surface area contributed by atoms with E-state index >= 15 is 0 Å². The first-order valence-corrected chi connectivity index (χ1v) is 30.9. The van der Waals surface area contributed by atoms with Crippen LogP contribution in [0, 0.1) is 5.92 Å². The molecule has 9 atom stereocenters. The molecule has 2 fully saturated rings. The molecule has 504 valence electrons. The van der Waals surface area contributed by atoms with Crippen molar-refractivity contribution in [2.75, 3.05) is 26.2 Å². The highest BCUT2D eigenvalue weighted by atomic mass is 35.5. The van der Waals surface area contributed by atoms with Gasteiger partial charge in [0.15, 0.2) is 5.96 Å². The highest BCUT2D eigenvalue weighted by molar-refractivity contribution is 6.00. The minimum Gasteiger partial charge on any atom is -0.508 e. The number of guanidine groups is 1. The summed E-state index contributed by atoms with van der Waals surface area (Å²) in [6.07, 6.45) is 2.30. The average molecular weight is 1320 g/mol. The lowest BCUT2D eigenvalue weighted by molar-refractivity contribution is -0.142. The van der Waals surface area contributed by atoms with Crippen molar-refractivity contribution in [3.05, 3.63) is 138 Å². The molecule has 2 aliphatic rings. The number of benzene rings is 4. The maximum Gasteiger partial charge on any atom is 0.245 e. The SMILES string of the molecule is CC(C)C[C@H](NC(=O)[C@@H](Cc1ccccc1)NC(=O)[C@H](Cc1ccc(O)cc1)NC(=O)[C@H](CO)NC(=O)[C@H](Cc1c[nH]c2ccccc12)NC(=O)[C@H](Cc1ccccc1)NC(=O)[C@@H]1CCC(=O)N1)C(=O)N[C@@H](CCCN=C(N)N)C(=O)N1CCC[C@H]1C(=O)NCC(N)=O.Cl. The van der Waals surface area contributed by atoms with Crippen LogP contribution < -0.4 is 65.1 Å². The number of halogens is 1. The molecule has 0 aliphatic carbocycles. The van der Waals surface area contributed by atoms with Gasteiger partial charge in [-0.25, -0.2) is 0 Å². The first kappa shape index (κ1) is 73.0. The molecule has 18 N–H and O–H groups in total. The number of amides is 11. The molecule has 2 aliphatic heterocycles. The number of carbonyl (C=O) groups is 11. The van der Waals surface area contributed by atoms with E-state index in [4.69, 9.17) is 17.2 Å². The van der Waals surface area contributed by atoms with Gasteiger partial charge in [0.25, 0.3) is 0 Å². The normalized spacial score (nSPS) is 16.4. The standard InChI is InChI=1S/C65H83N15O13.ClH/c1-37(2)29-47(57(86)73-46(19-11-27-69-65(67)68)64(93)80-28-12-20-53(80)63(92)71-35-54(66)83)74-58(87)49(31-39-15-7-4-8-16-39)76-59(88)50(32-40-21-23-42(82)24-22-40)77-62(91)52(36-81)79-61(90)51(33-41-34-70-44-18-10-9-17-43(41)44)78-60(89)48(30-38-13-5-3-6-14-38)75-56(85)45-25-26-55(84)72-45;/h3-10,13-18,21-24,34,37,45-53,70,81-82H,11-12,19-20,25-33,35-36H2,1-2H3,(H2,66,83)(H,71,92)(H,72,84)(H,73,86)(H,74,87)(H,75,85)(H,76,88)(H,77,91)(H,78,89)(H,79,90)(H4,67,68,69);1H/t45-,46-,47-,48-,49+,50-,51-,52-,53-;/m0./s1. The number of para-hydroxylation sites is 1. The zero-order valence-electron chi connectivity index (χ0n) is 52.3. The lowest BCUT2D eigenvalue weighted by Crippen LogP contribution is -2.61. The number of aromatic amines is 1. The largest absolute Gasteiger partial charge is 0.508 e. The van der Waals surface area contributed by atoms with E-state index in [0.29, 0.717) is 39.6 Å². The van der Waals surface area contributed by atoms with Crippen LogP contribution in [0.4, 0.5) is 0 Å². The summed E-state index contributed by atoms with van der Waals surface area (Å²) in [5, 5.41) is 45.8. The number of hydrogen-bond donors (Lipinski definition) is 15. The van der Waals surface area contributed by atoms with Gasteiger partial charge in [0.2, 0.25) is 65.0 Å². The van der Waals surface area contributed by atoms with Crippen molar-refractivity contribution < 1.29 is 63.0 Å². The summed E-state index contributed by atoms with van der Waals surface area (Å²) in [5.41, 5.74) is 19.3. The second-order valence-electron chi connectivity index (χ2n) is 23.5. The first-order valence-electron chi connectivity index (χ1n) is 30.9. The van der Waals surface area contributed by atoms with E-state index in [2.05, 4.69) is 57.8 Å². The smallest absolute Gasteiger partial charge is 0.245 e. The number of aliphatic imine (C=N–C) groups is 1. The fourth-order valence-corrected chi connectivity index (χ4v) is 11.1. The van der Waals surface area contributed by atoms with Crippen LogP contribution in [0.2, 0.25) is 0 Å². The maximum atomic E-state index is 14.9. The van der Waals surface area contributed by atoms with E-state index in [1.54, 1.807) is 98.9 Å². The number of aliphatic hydroxyl groups excluding tert-OH is 1. The van der Waals surface area contributed by atoms with Crippen molar-refractivity contribution in [3.8, 4) is 5.75 Å². The number of nitrogens with zero attached hydrogens (tertiary/aromatic N) is 2. The Morgan fingerprint density at radius 2 is 1.11 bits per heavy atom. The molecular weight excluding hydrogens is 1230 g/mol. The third-order valence-corrected chi connectivity index (χ3v) is 15.9. The minimum atomic E-state index is -1.78. The number of nitrogens with one attached hydrogen (secondary N) is 10. The Bertz CT molecular complexity index is 3480. The summed E-state index contributed by atoms with van der Waals surface area (Å²) in [6.45, 7) is 2.36. The lowest BCUT2D eigenvalue weighted by atomic mass is 9.99.